The van der Waals surface area contributed by atoms with Crippen molar-refractivity contribution in [1.29, 1.82) is 0 Å². The number of halogens is 1. The van der Waals surface area contributed by atoms with Gasteiger partial charge in [0.25, 0.3) is 0 Å². The molecule has 1 aliphatic heterocycles. The molecule has 1 N–H and O–H groups in total. The topological polar surface area (TPSA) is 88.6 Å². The van der Waals surface area contributed by atoms with E-state index >= 15 is 0 Å². The Bertz CT molecular complexity index is 1490. The van der Waals surface area contributed by atoms with Gasteiger partial charge in [-0.05, 0) is 29.8 Å². The van der Waals surface area contributed by atoms with Crippen LogP contribution in [0.15, 0.2) is 61.2 Å². The average Bonchev–Trinajstić information content (AvgIpc) is 3.37. The van der Waals surface area contributed by atoms with Crippen LogP contribution in [0.3, 0.4) is 0 Å². The highest BCUT2D eigenvalue weighted by atomic mass is 35.5. The van der Waals surface area contributed by atoms with E-state index in [2.05, 4.69) is 23.5 Å². The summed E-state index contributed by atoms with van der Waals surface area (Å²) in [6, 6.07) is 14.9. The lowest BCUT2D eigenvalue weighted by Crippen LogP contribution is -2.51. The van der Waals surface area contributed by atoms with E-state index in [0.717, 1.165) is 33.9 Å². The number of nitrogens with one attached hydrogen (secondary N) is 1. The molecule has 0 bridgehead atoms. The predicted octanol–water partition coefficient (Wildman–Crippen LogP) is 4.11. The predicted molar refractivity (Wildman–Crippen MR) is 156 cm³/mol. The molecule has 1 aromatic heterocycles. The van der Waals surface area contributed by atoms with E-state index in [1.807, 2.05) is 42.5 Å². The number of hydrogen-bond donors (Lipinski definition) is 1. The minimum atomic E-state index is -1.10. The number of thiazole rings is 1. The molecule has 202 valence electrons. The number of nitrogens with zero attached hydrogens (tertiary/aromatic N) is 2. The van der Waals surface area contributed by atoms with Crippen LogP contribution in [0.1, 0.15) is 30.7 Å². The Morgan fingerprint density at radius 1 is 1.21 bits per heavy atom. The third-order valence-electron chi connectivity index (χ3n) is 6.90. The molecule has 39 heavy (non-hydrogen) atoms. The fourth-order valence-electron chi connectivity index (χ4n) is 4.75. The number of allylic oxidation sites excluding steroid dienone is 1. The molecule has 9 heteroatoms. The molecule has 1 saturated heterocycles. The number of anilines is 1. The second-order valence-electron chi connectivity index (χ2n) is 9.25. The molecule has 2 heterocycles. The van der Waals surface area contributed by atoms with Crippen molar-refractivity contribution >= 4 is 58.7 Å². The van der Waals surface area contributed by atoms with Crippen LogP contribution in [0.25, 0.3) is 22.2 Å². The number of likely N-dealkylation sites (tertiary alicyclic amines) is 1. The number of hydrogen-bond acceptors (Lipinski definition) is 7. The Morgan fingerprint density at radius 2 is 1.90 bits per heavy atom. The first kappa shape index (κ1) is 28.3. The first-order chi connectivity index (χ1) is 18.9. The molecule has 0 saturated carbocycles. The van der Waals surface area contributed by atoms with Gasteiger partial charge in [0.05, 0.1) is 26.4 Å². The molecule has 2 aromatic carbocycles. The van der Waals surface area contributed by atoms with E-state index in [4.69, 9.17) is 16.3 Å². The molecule has 0 unspecified atom stereocenters. The van der Waals surface area contributed by atoms with Crippen LogP contribution in [0.4, 0.5) is 5.69 Å². The lowest BCUT2D eigenvalue weighted by atomic mass is 9.89. The highest BCUT2D eigenvalue weighted by Gasteiger charge is 2.40. The number of amides is 1. The minimum absolute atomic E-state index is 0.0775. The molecule has 0 aliphatic carbocycles. The Morgan fingerprint density at radius 3 is 2.56 bits per heavy atom. The maximum Gasteiger partial charge on any atom is 0.230 e. The van der Waals surface area contributed by atoms with Crippen molar-refractivity contribution in [3.05, 3.63) is 76.6 Å². The van der Waals surface area contributed by atoms with Gasteiger partial charge in [0.1, 0.15) is 17.0 Å². The van der Waals surface area contributed by atoms with Crippen molar-refractivity contribution in [1.82, 2.24) is 9.88 Å². The molecule has 1 aliphatic rings. The Hall–Kier alpha value is -3.75. The van der Waals surface area contributed by atoms with E-state index in [9.17, 15) is 14.4 Å². The quantitative estimate of drug-likeness (QED) is 0.374. The molecular formula is C30H30ClN3O4S. The summed E-state index contributed by atoms with van der Waals surface area (Å²) in [4.78, 5) is 43.7. The van der Waals surface area contributed by atoms with Crippen molar-refractivity contribution in [3.8, 4) is 16.3 Å². The summed E-state index contributed by atoms with van der Waals surface area (Å²) in [6.07, 6.45) is 3.86. The van der Waals surface area contributed by atoms with E-state index in [0.29, 0.717) is 47.1 Å². The number of para-hydroxylation sites is 2. The maximum absolute atomic E-state index is 13.5. The second-order valence-corrected chi connectivity index (χ2v) is 10.7. The number of carbonyl (C=O) groups is 3. The van der Waals surface area contributed by atoms with E-state index in [1.165, 1.54) is 11.3 Å². The summed E-state index contributed by atoms with van der Waals surface area (Å²) in [6.45, 7) is 8.34. The maximum atomic E-state index is 13.5. The summed E-state index contributed by atoms with van der Waals surface area (Å²) in [5.41, 5.74) is 1.20. The highest BCUT2D eigenvalue weighted by molar-refractivity contribution is 7.13. The molecule has 1 fully saturated rings. The smallest absolute Gasteiger partial charge is 0.230 e. The zero-order valence-electron chi connectivity index (χ0n) is 21.7. The van der Waals surface area contributed by atoms with Crippen LogP contribution in [0, 0.1) is 0 Å². The van der Waals surface area contributed by atoms with Gasteiger partial charge < -0.3 is 19.7 Å². The number of piperidine rings is 1. The van der Waals surface area contributed by atoms with Gasteiger partial charge in [0.2, 0.25) is 5.91 Å². The fourth-order valence-corrected chi connectivity index (χ4v) is 5.95. The van der Waals surface area contributed by atoms with E-state index in [1.54, 1.807) is 24.1 Å². The molecular weight excluding hydrogens is 534 g/mol. The van der Waals surface area contributed by atoms with Gasteiger partial charge in [-0.15, -0.1) is 11.3 Å². The SMILES string of the molecule is C=C/C(Cl)=c1/sc(-c2ccccc2OC2(C=O)CCN(C(=O)[C@@H](CC=O)c3ccccc3NC)CC2)nc1=C. The number of aldehydes is 2. The van der Waals surface area contributed by atoms with E-state index < -0.39 is 11.5 Å². The van der Waals surface area contributed by atoms with Crippen LogP contribution in [0.5, 0.6) is 5.75 Å². The van der Waals surface area contributed by atoms with Gasteiger partial charge in [-0.25, -0.2) is 4.98 Å². The summed E-state index contributed by atoms with van der Waals surface area (Å²) in [5.74, 6) is -0.230. The third-order valence-corrected chi connectivity index (χ3v) is 8.52. The molecule has 0 radical (unpaired) electrons. The standard InChI is InChI=1S/C30H30ClN3O4S/c1-4-24(31)27-20(2)33-28(39-27)23-10-6-8-12-26(23)38-30(19-36)14-16-34(17-15-30)29(37)22(13-18-35)21-9-5-7-11-25(21)32-3/h4-12,18-19,22,32H,1-2,13-17H2,3H3/b27-24-/t22-/m0/s1. The van der Waals surface area contributed by atoms with Crippen LogP contribution >= 0.6 is 22.9 Å². The Labute approximate surface area is 236 Å². The number of carbonyl (C=O) groups excluding carboxylic acids is 3. The summed E-state index contributed by atoms with van der Waals surface area (Å²) in [5, 5.41) is 4.77. The average molecular weight is 564 g/mol. The van der Waals surface area contributed by atoms with Gasteiger partial charge in [-0.3, -0.25) is 9.59 Å². The van der Waals surface area contributed by atoms with Gasteiger partial charge in [-0.1, -0.05) is 55.1 Å². The zero-order valence-corrected chi connectivity index (χ0v) is 23.3. The largest absolute Gasteiger partial charge is 0.479 e. The zero-order chi connectivity index (χ0) is 28.0. The Kier molecular flexibility index (Phi) is 8.99. The third kappa shape index (κ3) is 5.97. The lowest BCUT2D eigenvalue weighted by Gasteiger charge is -2.39. The number of benzene rings is 2. The molecule has 0 spiro atoms. The molecule has 4 rings (SSSR count). The Balaban J connectivity index is 1.56. The van der Waals surface area contributed by atoms with Crippen LogP contribution in [-0.2, 0) is 14.4 Å². The molecule has 3 aromatic rings. The van der Waals surface area contributed by atoms with Gasteiger partial charge in [0.15, 0.2) is 11.9 Å². The minimum Gasteiger partial charge on any atom is -0.479 e. The van der Waals surface area contributed by atoms with Crippen molar-refractivity contribution in [2.24, 2.45) is 0 Å². The summed E-state index contributed by atoms with van der Waals surface area (Å²) in [7, 11) is 1.78. The van der Waals surface area contributed by atoms with Crippen molar-refractivity contribution in [2.45, 2.75) is 30.8 Å². The second kappa shape index (κ2) is 12.4. The van der Waals surface area contributed by atoms with Crippen molar-refractivity contribution in [3.63, 3.8) is 0 Å². The first-order valence-electron chi connectivity index (χ1n) is 12.6. The molecule has 1 atom stereocenters. The molecule has 1 amide bonds. The van der Waals surface area contributed by atoms with Gasteiger partial charge >= 0.3 is 0 Å². The van der Waals surface area contributed by atoms with Crippen LogP contribution < -0.4 is 19.9 Å². The van der Waals surface area contributed by atoms with Crippen LogP contribution in [-0.4, -0.2) is 54.1 Å². The van der Waals surface area contributed by atoms with Gasteiger partial charge in [-0.2, -0.15) is 0 Å². The monoisotopic (exact) mass is 563 g/mol. The summed E-state index contributed by atoms with van der Waals surface area (Å²) < 4.78 is 7.11. The highest BCUT2D eigenvalue weighted by Crippen LogP contribution is 2.36. The fraction of sp³-hybridized carbons (Fsp3) is 0.267. The first-order valence-corrected chi connectivity index (χ1v) is 13.8. The van der Waals surface area contributed by atoms with Crippen molar-refractivity contribution in [2.75, 3.05) is 25.5 Å². The van der Waals surface area contributed by atoms with Crippen molar-refractivity contribution < 1.29 is 19.1 Å². The van der Waals surface area contributed by atoms with Crippen LogP contribution in [0.2, 0.25) is 0 Å². The van der Waals surface area contributed by atoms with E-state index in [-0.39, 0.29) is 12.3 Å². The number of aromatic nitrogens is 1. The number of rotatable bonds is 10. The normalized spacial score (nSPS) is 16.1. The number of ether oxygens (including phenoxy) is 1. The summed E-state index contributed by atoms with van der Waals surface area (Å²) >= 11 is 7.64. The molecule has 7 nitrogen and oxygen atoms in total. The lowest BCUT2D eigenvalue weighted by molar-refractivity contribution is -0.140. The van der Waals surface area contributed by atoms with Gasteiger partial charge in [0, 0.05) is 45.1 Å².